The maximum Gasteiger partial charge on any atom is 0.168 e. The van der Waals surface area contributed by atoms with Gasteiger partial charge in [0.1, 0.15) is 4.60 Å². The number of hydrogen-bond acceptors (Lipinski definition) is 3. The molecule has 0 saturated carbocycles. The fraction of sp³-hybridized carbons (Fsp3) is 0.769. The van der Waals surface area contributed by atoms with E-state index in [4.69, 9.17) is 10.2 Å². The first kappa shape index (κ1) is 15.9. The van der Waals surface area contributed by atoms with Crippen molar-refractivity contribution in [2.24, 2.45) is 5.73 Å². The predicted octanol–water partition coefficient (Wildman–Crippen LogP) is 3.78. The molecule has 1 aromatic heterocycles. The van der Waals surface area contributed by atoms with E-state index in [1.807, 2.05) is 0 Å². The van der Waals surface area contributed by atoms with Gasteiger partial charge in [0.2, 0.25) is 0 Å². The molecule has 0 aromatic carbocycles. The Bertz CT molecular complexity index is 380. The van der Waals surface area contributed by atoms with Crippen molar-refractivity contribution in [2.75, 3.05) is 0 Å². The average Bonchev–Trinajstić information content (AvgIpc) is 2.58. The Morgan fingerprint density at radius 3 is 1.83 bits per heavy atom. The molecule has 3 nitrogen and oxygen atoms in total. The summed E-state index contributed by atoms with van der Waals surface area (Å²) in [6.45, 7) is 14.2. The zero-order valence-electron chi connectivity index (χ0n) is 12.2. The van der Waals surface area contributed by atoms with Crippen LogP contribution in [-0.4, -0.2) is 13.1 Å². The lowest BCUT2D eigenvalue weighted by Gasteiger charge is -2.39. The van der Waals surface area contributed by atoms with Crippen molar-refractivity contribution in [2.45, 2.75) is 64.7 Å². The summed E-state index contributed by atoms with van der Waals surface area (Å²) in [6.07, 6.45) is 0. The van der Waals surface area contributed by atoms with Gasteiger partial charge in [0.15, 0.2) is 19.3 Å². The van der Waals surface area contributed by atoms with E-state index in [-0.39, 0.29) is 0 Å². The van der Waals surface area contributed by atoms with Gasteiger partial charge in [-0.3, -0.25) is 0 Å². The molecule has 0 saturated heterocycles. The normalized spacial score (nSPS) is 13.1. The third-order valence-electron chi connectivity index (χ3n) is 4.07. The van der Waals surface area contributed by atoms with E-state index in [1.165, 1.54) is 0 Å². The Hall–Kier alpha value is -0.133. The second kappa shape index (κ2) is 5.88. The molecule has 0 aliphatic heterocycles. The summed E-state index contributed by atoms with van der Waals surface area (Å²) in [5.41, 5.74) is 8.41. The zero-order chi connectivity index (χ0) is 14.1. The number of nitrogens with zero attached hydrogens (tertiary/aromatic N) is 1. The van der Waals surface area contributed by atoms with Crippen molar-refractivity contribution in [1.82, 2.24) is 4.98 Å². The van der Waals surface area contributed by atoms with Gasteiger partial charge in [-0.1, -0.05) is 41.5 Å². The average molecular weight is 333 g/mol. The molecule has 0 unspecified atom stereocenters. The van der Waals surface area contributed by atoms with E-state index in [0.29, 0.717) is 23.2 Å². The highest BCUT2D eigenvalue weighted by Gasteiger charge is 2.49. The second-order valence-electron chi connectivity index (χ2n) is 5.83. The van der Waals surface area contributed by atoms with Gasteiger partial charge in [-0.25, -0.2) is 4.98 Å². The van der Waals surface area contributed by atoms with Crippen LogP contribution in [0.3, 0.4) is 0 Å². The van der Waals surface area contributed by atoms with Crippen molar-refractivity contribution >= 4 is 29.5 Å². The summed E-state index contributed by atoms with van der Waals surface area (Å²) in [5, 5.41) is 0. The molecule has 18 heavy (non-hydrogen) atoms. The maximum absolute atomic E-state index is 5.99. The molecule has 0 aliphatic carbocycles. The first-order valence-corrected chi connectivity index (χ1v) is 9.66. The lowest BCUT2D eigenvalue weighted by molar-refractivity contribution is 0.526. The monoisotopic (exact) mass is 332 g/mol. The van der Waals surface area contributed by atoms with Crippen molar-refractivity contribution in [1.29, 1.82) is 0 Å². The van der Waals surface area contributed by atoms with E-state index >= 15 is 0 Å². The van der Waals surface area contributed by atoms with Crippen LogP contribution in [0.4, 0.5) is 0 Å². The van der Waals surface area contributed by atoms with Crippen molar-refractivity contribution in [3.05, 3.63) is 10.4 Å². The molecule has 0 radical (unpaired) electrons. The number of nitrogens with two attached hydrogens (primary N) is 1. The SMILES string of the molecule is CC(C)[Si](c1nc(Br)c(CN)o1)(C(C)C)C(C)C. The Morgan fingerprint density at radius 2 is 1.56 bits per heavy atom. The van der Waals surface area contributed by atoms with Gasteiger partial charge in [0, 0.05) is 0 Å². The maximum atomic E-state index is 5.99. The quantitative estimate of drug-likeness (QED) is 0.834. The van der Waals surface area contributed by atoms with Crippen LogP contribution in [0.5, 0.6) is 0 Å². The number of oxazole rings is 1. The van der Waals surface area contributed by atoms with Crippen LogP contribution >= 0.6 is 15.9 Å². The van der Waals surface area contributed by atoms with Crippen molar-refractivity contribution in [3.63, 3.8) is 0 Å². The van der Waals surface area contributed by atoms with Crippen LogP contribution in [0.1, 0.15) is 47.3 Å². The van der Waals surface area contributed by atoms with Gasteiger partial charge in [0.25, 0.3) is 0 Å². The highest BCUT2D eigenvalue weighted by Crippen LogP contribution is 2.41. The molecule has 0 amide bonds. The standard InChI is InChI=1S/C13H25BrN2OSi/c1-8(2)18(9(3)4,10(5)6)13-16-12(14)11(7-15)17-13/h8-10H,7,15H2,1-6H3. The van der Waals surface area contributed by atoms with E-state index in [9.17, 15) is 0 Å². The fourth-order valence-corrected chi connectivity index (χ4v) is 10.0. The lowest BCUT2D eigenvalue weighted by atomic mass is 10.5. The summed E-state index contributed by atoms with van der Waals surface area (Å²) in [6, 6.07) is 0. The number of aromatic nitrogens is 1. The largest absolute Gasteiger partial charge is 0.448 e. The molecule has 0 aliphatic rings. The molecule has 1 rings (SSSR count). The van der Waals surface area contributed by atoms with E-state index in [1.54, 1.807) is 0 Å². The first-order chi connectivity index (χ1) is 8.28. The van der Waals surface area contributed by atoms with Gasteiger partial charge in [-0.05, 0) is 32.6 Å². The minimum atomic E-state index is -1.79. The van der Waals surface area contributed by atoms with Gasteiger partial charge in [-0.15, -0.1) is 0 Å². The molecule has 0 atom stereocenters. The first-order valence-electron chi connectivity index (χ1n) is 6.64. The number of rotatable bonds is 5. The van der Waals surface area contributed by atoms with Gasteiger partial charge in [-0.2, -0.15) is 0 Å². The van der Waals surface area contributed by atoms with Crippen LogP contribution in [0.15, 0.2) is 9.02 Å². The molecular weight excluding hydrogens is 308 g/mol. The van der Waals surface area contributed by atoms with Crippen LogP contribution in [0.25, 0.3) is 0 Å². The lowest BCUT2D eigenvalue weighted by Crippen LogP contribution is -2.56. The van der Waals surface area contributed by atoms with Crippen LogP contribution in [-0.2, 0) is 6.54 Å². The molecule has 1 aromatic rings. The summed E-state index contributed by atoms with van der Waals surface area (Å²) in [5.74, 6) is 0.767. The molecule has 5 heteroatoms. The molecule has 0 fully saturated rings. The van der Waals surface area contributed by atoms with Gasteiger partial charge < -0.3 is 10.2 Å². The Balaban J connectivity index is 3.41. The Kier molecular flexibility index (Phi) is 5.20. The van der Waals surface area contributed by atoms with E-state index < -0.39 is 8.07 Å². The minimum Gasteiger partial charge on any atom is -0.448 e. The topological polar surface area (TPSA) is 52.0 Å². The number of hydrogen-bond donors (Lipinski definition) is 1. The third kappa shape index (κ3) is 2.45. The van der Waals surface area contributed by atoms with Crippen LogP contribution < -0.4 is 11.2 Å². The van der Waals surface area contributed by atoms with Crippen molar-refractivity contribution in [3.8, 4) is 0 Å². The third-order valence-corrected chi connectivity index (χ3v) is 11.4. The highest BCUT2D eigenvalue weighted by molar-refractivity contribution is 9.10. The predicted molar refractivity (Wildman–Crippen MR) is 82.8 cm³/mol. The van der Waals surface area contributed by atoms with Gasteiger partial charge in [0.05, 0.1) is 6.54 Å². The second-order valence-corrected chi connectivity index (χ2v) is 12.3. The fourth-order valence-electron chi connectivity index (χ4n) is 3.39. The Labute approximate surface area is 120 Å². The van der Waals surface area contributed by atoms with Crippen LogP contribution in [0.2, 0.25) is 16.6 Å². The smallest absolute Gasteiger partial charge is 0.168 e. The molecule has 0 spiro atoms. The molecule has 2 N–H and O–H groups in total. The summed E-state index contributed by atoms with van der Waals surface area (Å²) >= 11 is 3.45. The minimum absolute atomic E-state index is 0.395. The molecular formula is C13H25BrN2OSi. The Morgan fingerprint density at radius 1 is 1.11 bits per heavy atom. The summed E-state index contributed by atoms with van der Waals surface area (Å²) in [7, 11) is -1.79. The molecule has 104 valence electrons. The van der Waals surface area contributed by atoms with E-state index in [2.05, 4.69) is 62.5 Å². The molecule has 1 heterocycles. The molecule has 0 bridgehead atoms. The van der Waals surface area contributed by atoms with Crippen molar-refractivity contribution < 1.29 is 4.42 Å². The van der Waals surface area contributed by atoms with Crippen LogP contribution in [0, 0.1) is 0 Å². The summed E-state index contributed by atoms with van der Waals surface area (Å²) < 4.78 is 6.77. The zero-order valence-corrected chi connectivity index (χ0v) is 14.8. The number of halogens is 1. The van der Waals surface area contributed by atoms with E-state index in [0.717, 1.165) is 15.9 Å². The van der Waals surface area contributed by atoms with Gasteiger partial charge >= 0.3 is 0 Å². The summed E-state index contributed by atoms with van der Waals surface area (Å²) in [4.78, 5) is 4.65. The highest BCUT2D eigenvalue weighted by atomic mass is 79.9.